The highest BCUT2D eigenvalue weighted by Crippen LogP contribution is 2.24. The van der Waals surface area contributed by atoms with Crippen molar-refractivity contribution in [1.29, 1.82) is 0 Å². The Hall–Kier alpha value is -1.85. The van der Waals surface area contributed by atoms with E-state index in [0.717, 1.165) is 11.4 Å². The van der Waals surface area contributed by atoms with Crippen LogP contribution in [-0.2, 0) is 16.5 Å². The summed E-state index contributed by atoms with van der Waals surface area (Å²) in [6.45, 7) is 2.97. The lowest BCUT2D eigenvalue weighted by Crippen LogP contribution is -2.22. The van der Waals surface area contributed by atoms with Gasteiger partial charge in [0.2, 0.25) is 0 Å². The first-order valence-electron chi connectivity index (χ1n) is 6.27. The van der Waals surface area contributed by atoms with Crippen molar-refractivity contribution in [1.82, 2.24) is 9.36 Å². The molecule has 3 rings (SSSR count). The first kappa shape index (κ1) is 12.2. The number of aromatic nitrogens is 2. The van der Waals surface area contributed by atoms with Gasteiger partial charge in [0.1, 0.15) is 0 Å². The van der Waals surface area contributed by atoms with Crippen molar-refractivity contribution in [2.75, 3.05) is 13.2 Å². The van der Waals surface area contributed by atoms with Gasteiger partial charge in [-0.3, -0.25) is 9.48 Å². The third-order valence-electron chi connectivity index (χ3n) is 3.46. The number of hydrogen-bond acceptors (Lipinski definition) is 3. The Morgan fingerprint density at radius 1 is 1.16 bits per heavy atom. The van der Waals surface area contributed by atoms with Gasteiger partial charge in [-0.2, -0.15) is 0 Å². The van der Waals surface area contributed by atoms with Crippen molar-refractivity contribution < 1.29 is 9.47 Å². The summed E-state index contributed by atoms with van der Waals surface area (Å²) in [6, 6.07) is 9.55. The zero-order chi connectivity index (χ0) is 13.4. The lowest BCUT2D eigenvalue weighted by Gasteiger charge is -2.08. The number of nitrogens with zero attached hydrogens (tertiary/aromatic N) is 2. The molecule has 0 bridgehead atoms. The van der Waals surface area contributed by atoms with E-state index in [4.69, 9.17) is 9.47 Å². The van der Waals surface area contributed by atoms with E-state index in [9.17, 15) is 4.79 Å². The van der Waals surface area contributed by atoms with Gasteiger partial charge in [0, 0.05) is 12.7 Å². The predicted molar refractivity (Wildman–Crippen MR) is 70.4 cm³/mol. The Labute approximate surface area is 111 Å². The third kappa shape index (κ3) is 1.91. The van der Waals surface area contributed by atoms with E-state index in [0.29, 0.717) is 18.8 Å². The Morgan fingerprint density at radius 2 is 1.79 bits per heavy atom. The fraction of sp³-hybridized carbons (Fsp3) is 0.357. The molecule has 1 aromatic heterocycles. The molecular formula is C14H16N2O3. The number of benzene rings is 1. The van der Waals surface area contributed by atoms with Crippen LogP contribution in [-0.4, -0.2) is 22.6 Å². The number of para-hydroxylation sites is 1. The summed E-state index contributed by atoms with van der Waals surface area (Å²) in [5.41, 5.74) is 2.20. The van der Waals surface area contributed by atoms with E-state index in [2.05, 4.69) is 0 Å². The van der Waals surface area contributed by atoms with Crippen LogP contribution in [0.25, 0.3) is 5.69 Å². The maximum Gasteiger partial charge on any atom is 0.280 e. The summed E-state index contributed by atoms with van der Waals surface area (Å²) in [4.78, 5) is 12.6. The van der Waals surface area contributed by atoms with Gasteiger partial charge in [-0.1, -0.05) is 18.2 Å². The summed E-state index contributed by atoms with van der Waals surface area (Å²) >= 11 is 0. The third-order valence-corrected chi connectivity index (χ3v) is 3.46. The minimum atomic E-state index is -0.538. The highest BCUT2D eigenvalue weighted by Gasteiger charge is 2.27. The van der Waals surface area contributed by atoms with Gasteiger partial charge in [0.25, 0.3) is 5.56 Å². The lowest BCUT2D eigenvalue weighted by atomic mass is 10.2. The molecule has 1 aliphatic heterocycles. The molecule has 100 valence electrons. The Kier molecular flexibility index (Phi) is 3.00. The van der Waals surface area contributed by atoms with E-state index in [-0.39, 0.29) is 5.56 Å². The molecule has 0 spiro atoms. The van der Waals surface area contributed by atoms with Gasteiger partial charge in [0.15, 0.2) is 6.29 Å². The predicted octanol–water partition coefficient (Wildman–Crippen LogP) is 1.53. The molecule has 1 aliphatic rings. The molecule has 5 nitrogen and oxygen atoms in total. The van der Waals surface area contributed by atoms with Crippen LogP contribution in [0.5, 0.6) is 0 Å². The van der Waals surface area contributed by atoms with Crippen LogP contribution < -0.4 is 5.56 Å². The van der Waals surface area contributed by atoms with Crippen LogP contribution >= 0.6 is 0 Å². The minimum Gasteiger partial charge on any atom is -0.346 e. The van der Waals surface area contributed by atoms with Gasteiger partial charge in [0.05, 0.1) is 24.5 Å². The van der Waals surface area contributed by atoms with E-state index in [1.54, 1.807) is 4.68 Å². The molecule has 1 aromatic carbocycles. The molecule has 1 fully saturated rings. The fourth-order valence-electron chi connectivity index (χ4n) is 2.39. The van der Waals surface area contributed by atoms with Gasteiger partial charge in [-0.15, -0.1) is 0 Å². The van der Waals surface area contributed by atoms with Crippen molar-refractivity contribution in [2.24, 2.45) is 7.05 Å². The standard InChI is InChI=1S/C14H16N2O3/c1-10-12(14-18-8-9-19-14)13(17)16(15(10)2)11-6-4-3-5-7-11/h3-7,14H,8-9H2,1-2H3. The first-order chi connectivity index (χ1) is 9.20. The molecule has 0 unspecified atom stereocenters. The number of ether oxygens (including phenoxy) is 2. The Morgan fingerprint density at radius 3 is 2.42 bits per heavy atom. The van der Waals surface area contributed by atoms with Gasteiger partial charge >= 0.3 is 0 Å². The summed E-state index contributed by atoms with van der Waals surface area (Å²) < 4.78 is 14.4. The first-order valence-corrected chi connectivity index (χ1v) is 6.27. The zero-order valence-corrected chi connectivity index (χ0v) is 11.0. The highest BCUT2D eigenvalue weighted by molar-refractivity contribution is 5.33. The van der Waals surface area contributed by atoms with Crippen molar-refractivity contribution in [3.8, 4) is 5.69 Å². The van der Waals surface area contributed by atoms with Gasteiger partial charge in [-0.25, -0.2) is 4.68 Å². The molecule has 2 aromatic rings. The number of rotatable bonds is 2. The molecule has 0 atom stereocenters. The molecule has 1 saturated heterocycles. The maximum absolute atomic E-state index is 12.6. The Bertz CT molecular complexity index is 637. The molecule has 19 heavy (non-hydrogen) atoms. The molecular weight excluding hydrogens is 244 g/mol. The van der Waals surface area contributed by atoms with Crippen LogP contribution in [0.4, 0.5) is 0 Å². The smallest absolute Gasteiger partial charge is 0.280 e. The molecule has 0 N–H and O–H groups in total. The largest absolute Gasteiger partial charge is 0.346 e. The van der Waals surface area contributed by atoms with Crippen molar-refractivity contribution in [3.63, 3.8) is 0 Å². The molecule has 2 heterocycles. The van der Waals surface area contributed by atoms with Crippen molar-refractivity contribution in [2.45, 2.75) is 13.2 Å². The second kappa shape index (κ2) is 4.68. The van der Waals surface area contributed by atoms with Crippen LogP contribution in [0.1, 0.15) is 17.5 Å². The van der Waals surface area contributed by atoms with Crippen LogP contribution in [0.3, 0.4) is 0 Å². The maximum atomic E-state index is 12.6. The summed E-state index contributed by atoms with van der Waals surface area (Å²) in [7, 11) is 1.86. The lowest BCUT2D eigenvalue weighted by molar-refractivity contribution is -0.0453. The SMILES string of the molecule is Cc1c(C2OCCO2)c(=O)n(-c2ccccc2)n1C. The second-order valence-corrected chi connectivity index (χ2v) is 4.55. The van der Waals surface area contributed by atoms with Crippen molar-refractivity contribution >= 4 is 0 Å². The summed E-state index contributed by atoms with van der Waals surface area (Å²) in [5, 5.41) is 0. The summed E-state index contributed by atoms with van der Waals surface area (Å²) in [5.74, 6) is 0. The monoisotopic (exact) mass is 260 g/mol. The average Bonchev–Trinajstić information content (AvgIpc) is 3.00. The van der Waals surface area contributed by atoms with Crippen LogP contribution in [0, 0.1) is 6.92 Å². The summed E-state index contributed by atoms with van der Waals surface area (Å²) in [6.07, 6.45) is -0.538. The topological polar surface area (TPSA) is 45.4 Å². The quantitative estimate of drug-likeness (QED) is 0.822. The average molecular weight is 260 g/mol. The van der Waals surface area contributed by atoms with E-state index in [1.807, 2.05) is 49.0 Å². The Balaban J connectivity index is 2.17. The zero-order valence-electron chi connectivity index (χ0n) is 11.0. The van der Waals surface area contributed by atoms with E-state index >= 15 is 0 Å². The molecule has 0 radical (unpaired) electrons. The van der Waals surface area contributed by atoms with E-state index in [1.165, 1.54) is 0 Å². The normalized spacial score (nSPS) is 16.1. The van der Waals surface area contributed by atoms with Gasteiger partial charge < -0.3 is 9.47 Å². The van der Waals surface area contributed by atoms with Crippen molar-refractivity contribution in [3.05, 3.63) is 51.9 Å². The molecule has 5 heteroatoms. The van der Waals surface area contributed by atoms with Crippen LogP contribution in [0.15, 0.2) is 35.1 Å². The van der Waals surface area contributed by atoms with E-state index < -0.39 is 6.29 Å². The highest BCUT2D eigenvalue weighted by atomic mass is 16.7. The van der Waals surface area contributed by atoms with Gasteiger partial charge in [-0.05, 0) is 19.1 Å². The molecule has 0 amide bonds. The molecule has 0 saturated carbocycles. The second-order valence-electron chi connectivity index (χ2n) is 4.55. The molecule has 0 aliphatic carbocycles. The van der Waals surface area contributed by atoms with Crippen LogP contribution in [0.2, 0.25) is 0 Å². The minimum absolute atomic E-state index is 0.0851. The number of hydrogen-bond donors (Lipinski definition) is 0. The fourth-order valence-corrected chi connectivity index (χ4v) is 2.39.